The summed E-state index contributed by atoms with van der Waals surface area (Å²) < 4.78 is 1.99. The summed E-state index contributed by atoms with van der Waals surface area (Å²) in [5.41, 5.74) is 2.39. The molecule has 7 nitrogen and oxygen atoms in total. The summed E-state index contributed by atoms with van der Waals surface area (Å²) in [5, 5.41) is 12.1. The van der Waals surface area contributed by atoms with E-state index >= 15 is 0 Å². The van der Waals surface area contributed by atoms with Crippen LogP contribution < -0.4 is 5.32 Å². The van der Waals surface area contributed by atoms with Gasteiger partial charge in [-0.3, -0.25) is 4.40 Å². The van der Waals surface area contributed by atoms with Crippen molar-refractivity contribution < 1.29 is 0 Å². The lowest BCUT2D eigenvalue weighted by atomic mass is 9.80. The topological polar surface area (TPSA) is 83.8 Å². The summed E-state index contributed by atoms with van der Waals surface area (Å²) in [7, 11) is 0. The molecule has 1 aliphatic heterocycles. The standard InChI is InChI=1S/C12H15N7/c1-12(2-4-13-5-3-12)11-18-17-10-8-9(15-6-14-8)16-7-19(10)11/h6-7,13H,2-5H2,1H3,(H,14,15). The molecule has 98 valence electrons. The van der Waals surface area contributed by atoms with Gasteiger partial charge in [0, 0.05) is 5.41 Å². The van der Waals surface area contributed by atoms with Gasteiger partial charge in [0.25, 0.3) is 0 Å². The fourth-order valence-corrected chi connectivity index (χ4v) is 2.85. The van der Waals surface area contributed by atoms with Crippen molar-refractivity contribution in [3.8, 4) is 0 Å². The lowest BCUT2D eigenvalue weighted by molar-refractivity contribution is 0.316. The highest BCUT2D eigenvalue weighted by molar-refractivity contribution is 5.84. The van der Waals surface area contributed by atoms with Crippen LogP contribution in [0, 0.1) is 0 Å². The molecule has 0 unspecified atom stereocenters. The van der Waals surface area contributed by atoms with Gasteiger partial charge in [0.1, 0.15) is 17.7 Å². The van der Waals surface area contributed by atoms with E-state index in [1.807, 2.05) is 4.40 Å². The molecule has 0 aliphatic carbocycles. The number of hydrogen-bond donors (Lipinski definition) is 2. The molecule has 0 amide bonds. The minimum absolute atomic E-state index is 0.0556. The zero-order valence-electron chi connectivity index (χ0n) is 10.7. The minimum atomic E-state index is 0.0556. The number of aromatic nitrogens is 6. The third kappa shape index (κ3) is 1.48. The highest BCUT2D eigenvalue weighted by Gasteiger charge is 2.33. The first-order chi connectivity index (χ1) is 9.28. The number of hydrogen-bond acceptors (Lipinski definition) is 5. The maximum Gasteiger partial charge on any atom is 0.189 e. The van der Waals surface area contributed by atoms with Crippen LogP contribution in [0.15, 0.2) is 12.7 Å². The Bertz CT molecular complexity index is 735. The maximum atomic E-state index is 4.42. The Morgan fingerprint density at radius 3 is 2.89 bits per heavy atom. The van der Waals surface area contributed by atoms with E-state index in [9.17, 15) is 0 Å². The molecule has 0 saturated carbocycles. The zero-order valence-corrected chi connectivity index (χ0v) is 10.7. The molecule has 3 aromatic rings. The van der Waals surface area contributed by atoms with Gasteiger partial charge < -0.3 is 10.3 Å². The first-order valence-electron chi connectivity index (χ1n) is 6.52. The number of imidazole rings is 1. The number of nitrogens with zero attached hydrogens (tertiary/aromatic N) is 5. The average molecular weight is 257 g/mol. The summed E-state index contributed by atoms with van der Waals surface area (Å²) >= 11 is 0. The van der Waals surface area contributed by atoms with Gasteiger partial charge in [-0.15, -0.1) is 10.2 Å². The second-order valence-corrected chi connectivity index (χ2v) is 5.37. The molecule has 0 bridgehead atoms. The first-order valence-corrected chi connectivity index (χ1v) is 6.52. The largest absolute Gasteiger partial charge is 0.340 e. The van der Waals surface area contributed by atoms with Gasteiger partial charge in [0.15, 0.2) is 11.3 Å². The third-order valence-electron chi connectivity index (χ3n) is 4.08. The molecule has 2 N–H and O–H groups in total. The van der Waals surface area contributed by atoms with Crippen LogP contribution in [-0.4, -0.2) is 42.6 Å². The van der Waals surface area contributed by atoms with Crippen LogP contribution in [0.2, 0.25) is 0 Å². The molecule has 4 heterocycles. The fraction of sp³-hybridized carbons (Fsp3) is 0.500. The molecule has 7 heteroatoms. The lowest BCUT2D eigenvalue weighted by Gasteiger charge is -2.32. The molecule has 0 atom stereocenters. The molecule has 0 radical (unpaired) electrons. The van der Waals surface area contributed by atoms with E-state index in [0.717, 1.165) is 42.9 Å². The highest BCUT2D eigenvalue weighted by Crippen LogP contribution is 2.32. The van der Waals surface area contributed by atoms with E-state index in [2.05, 4.69) is 37.4 Å². The summed E-state index contributed by atoms with van der Waals surface area (Å²) in [6, 6.07) is 0. The predicted molar refractivity (Wildman–Crippen MR) is 69.9 cm³/mol. The van der Waals surface area contributed by atoms with Gasteiger partial charge in [-0.1, -0.05) is 6.92 Å². The van der Waals surface area contributed by atoms with Crippen molar-refractivity contribution >= 4 is 16.8 Å². The first kappa shape index (κ1) is 10.9. The van der Waals surface area contributed by atoms with E-state index in [1.165, 1.54) is 0 Å². The number of nitrogens with one attached hydrogen (secondary N) is 2. The van der Waals surface area contributed by atoms with Crippen molar-refractivity contribution in [2.24, 2.45) is 0 Å². The van der Waals surface area contributed by atoms with Crippen molar-refractivity contribution in [3.05, 3.63) is 18.5 Å². The number of H-pyrrole nitrogens is 1. The Balaban J connectivity index is 1.95. The number of fused-ring (bicyclic) bond motifs is 3. The number of aromatic amines is 1. The SMILES string of the molecule is CC1(c2nnc3c4[nH]cnc4ncn23)CCNCC1. The summed E-state index contributed by atoms with van der Waals surface area (Å²) in [5.74, 6) is 0.994. The second-order valence-electron chi connectivity index (χ2n) is 5.37. The molecule has 4 rings (SSSR count). The van der Waals surface area contributed by atoms with Crippen molar-refractivity contribution in [3.63, 3.8) is 0 Å². The Labute approximate surface area is 109 Å². The van der Waals surface area contributed by atoms with Crippen LogP contribution in [0.25, 0.3) is 16.8 Å². The van der Waals surface area contributed by atoms with E-state index < -0.39 is 0 Å². The summed E-state index contributed by atoms with van der Waals surface area (Å²) in [4.78, 5) is 11.6. The monoisotopic (exact) mass is 257 g/mol. The van der Waals surface area contributed by atoms with Crippen LogP contribution in [0.4, 0.5) is 0 Å². The molecule has 3 aromatic heterocycles. The van der Waals surface area contributed by atoms with E-state index in [4.69, 9.17) is 0 Å². The summed E-state index contributed by atoms with van der Waals surface area (Å²) in [6.45, 7) is 4.29. The molecule has 1 aliphatic rings. The van der Waals surface area contributed by atoms with E-state index in [-0.39, 0.29) is 5.41 Å². The Morgan fingerprint density at radius 2 is 2.05 bits per heavy atom. The van der Waals surface area contributed by atoms with Gasteiger partial charge in [-0.05, 0) is 25.9 Å². The predicted octanol–water partition coefficient (Wildman–Crippen LogP) is 0.642. The van der Waals surface area contributed by atoms with Gasteiger partial charge in [0.05, 0.1) is 6.33 Å². The van der Waals surface area contributed by atoms with Gasteiger partial charge >= 0.3 is 0 Å². The fourth-order valence-electron chi connectivity index (χ4n) is 2.85. The van der Waals surface area contributed by atoms with Gasteiger partial charge in [-0.2, -0.15) is 0 Å². The molecular weight excluding hydrogens is 242 g/mol. The van der Waals surface area contributed by atoms with Crippen molar-refractivity contribution in [1.82, 2.24) is 34.9 Å². The maximum absolute atomic E-state index is 4.42. The zero-order chi connectivity index (χ0) is 12.9. The molecule has 1 saturated heterocycles. The van der Waals surface area contributed by atoms with Crippen LogP contribution in [0.5, 0.6) is 0 Å². The molecule has 0 aromatic carbocycles. The van der Waals surface area contributed by atoms with E-state index in [0.29, 0.717) is 5.65 Å². The summed E-state index contributed by atoms with van der Waals surface area (Å²) in [6.07, 6.45) is 5.54. The van der Waals surface area contributed by atoms with Gasteiger partial charge in [0.2, 0.25) is 0 Å². The molecular formula is C12H15N7. The Hall–Kier alpha value is -2.02. The molecule has 0 spiro atoms. The lowest BCUT2D eigenvalue weighted by Crippen LogP contribution is -2.39. The van der Waals surface area contributed by atoms with Crippen molar-refractivity contribution in [2.45, 2.75) is 25.2 Å². The highest BCUT2D eigenvalue weighted by atomic mass is 15.3. The molecule has 1 fully saturated rings. The minimum Gasteiger partial charge on any atom is -0.340 e. The molecule has 19 heavy (non-hydrogen) atoms. The van der Waals surface area contributed by atoms with Crippen LogP contribution in [0.3, 0.4) is 0 Å². The van der Waals surface area contributed by atoms with Crippen LogP contribution in [0.1, 0.15) is 25.6 Å². The normalized spacial score (nSPS) is 19.2. The quantitative estimate of drug-likeness (QED) is 0.668. The van der Waals surface area contributed by atoms with Crippen molar-refractivity contribution in [2.75, 3.05) is 13.1 Å². The number of rotatable bonds is 1. The van der Waals surface area contributed by atoms with Crippen LogP contribution in [-0.2, 0) is 5.41 Å². The number of piperidine rings is 1. The second kappa shape index (κ2) is 3.74. The van der Waals surface area contributed by atoms with Gasteiger partial charge in [-0.25, -0.2) is 9.97 Å². The van der Waals surface area contributed by atoms with E-state index in [1.54, 1.807) is 12.7 Å². The van der Waals surface area contributed by atoms with Crippen LogP contribution >= 0.6 is 0 Å². The smallest absolute Gasteiger partial charge is 0.189 e. The Kier molecular flexibility index (Phi) is 2.14. The average Bonchev–Trinajstić information content (AvgIpc) is 3.05. The third-order valence-corrected chi connectivity index (χ3v) is 4.08. The van der Waals surface area contributed by atoms with Crippen molar-refractivity contribution in [1.29, 1.82) is 0 Å². The Morgan fingerprint density at radius 1 is 1.21 bits per heavy atom.